The number of ether oxygens (including phenoxy) is 1. The highest BCUT2D eigenvalue weighted by Gasteiger charge is 2.21. The van der Waals surface area contributed by atoms with Crippen molar-refractivity contribution >= 4 is 10.0 Å². The molecule has 0 aliphatic rings. The lowest BCUT2D eigenvalue weighted by molar-refractivity contribution is 0.401. The summed E-state index contributed by atoms with van der Waals surface area (Å²) in [4.78, 5) is 0.0749. The Morgan fingerprint density at radius 3 is 2.46 bits per heavy atom. The number of nitrogens with zero attached hydrogens (tertiary/aromatic N) is 2. The van der Waals surface area contributed by atoms with Gasteiger partial charge >= 0.3 is 0 Å². The van der Waals surface area contributed by atoms with Gasteiger partial charge in [-0.15, -0.1) is 10.2 Å². The summed E-state index contributed by atoms with van der Waals surface area (Å²) in [6, 6.07) is 12.5. The van der Waals surface area contributed by atoms with Gasteiger partial charge in [-0.3, -0.25) is 0 Å². The number of aromatic nitrogens is 2. The van der Waals surface area contributed by atoms with Crippen LogP contribution in [0.25, 0.3) is 11.5 Å². The summed E-state index contributed by atoms with van der Waals surface area (Å²) in [5.41, 5.74) is 2.57. The number of sulfonamides is 1. The average molecular weight is 373 g/mol. The van der Waals surface area contributed by atoms with E-state index >= 15 is 0 Å². The van der Waals surface area contributed by atoms with E-state index in [-0.39, 0.29) is 23.1 Å². The Morgan fingerprint density at radius 2 is 1.77 bits per heavy atom. The van der Waals surface area contributed by atoms with E-state index in [1.165, 1.54) is 7.11 Å². The molecule has 0 amide bonds. The number of aryl methyl sites for hydroxylation is 2. The molecule has 1 aromatic heterocycles. The predicted octanol–water partition coefficient (Wildman–Crippen LogP) is 2.84. The van der Waals surface area contributed by atoms with Crippen LogP contribution in [0.1, 0.15) is 17.0 Å². The fourth-order valence-electron chi connectivity index (χ4n) is 2.39. The molecule has 26 heavy (non-hydrogen) atoms. The van der Waals surface area contributed by atoms with E-state index in [0.717, 1.165) is 16.7 Å². The normalized spacial score (nSPS) is 11.5. The minimum atomic E-state index is -3.80. The van der Waals surface area contributed by atoms with E-state index in [2.05, 4.69) is 14.9 Å². The minimum Gasteiger partial charge on any atom is -0.495 e. The molecule has 0 aliphatic heterocycles. The molecule has 0 saturated heterocycles. The average Bonchev–Trinajstić information content (AvgIpc) is 3.12. The Morgan fingerprint density at radius 1 is 1.08 bits per heavy atom. The number of nitrogens with one attached hydrogen (secondary N) is 1. The van der Waals surface area contributed by atoms with Crippen LogP contribution in [0, 0.1) is 13.8 Å². The second-order valence-corrected chi connectivity index (χ2v) is 7.51. The van der Waals surface area contributed by atoms with Gasteiger partial charge in [0, 0.05) is 5.56 Å². The second-order valence-electron chi connectivity index (χ2n) is 5.78. The summed E-state index contributed by atoms with van der Waals surface area (Å²) < 4.78 is 38.5. The van der Waals surface area contributed by atoms with Gasteiger partial charge < -0.3 is 9.15 Å². The van der Waals surface area contributed by atoms with Crippen LogP contribution in [0.5, 0.6) is 5.75 Å². The summed E-state index contributed by atoms with van der Waals surface area (Å²) in [5, 5.41) is 7.83. The molecule has 0 bridgehead atoms. The molecule has 7 nitrogen and oxygen atoms in total. The SMILES string of the molecule is COc1cc(C)c(C)cc1S(=O)(=O)NCc1nnc(-c2ccccc2)o1. The maximum Gasteiger partial charge on any atom is 0.247 e. The van der Waals surface area contributed by atoms with Crippen molar-refractivity contribution in [3.63, 3.8) is 0 Å². The van der Waals surface area contributed by atoms with E-state index in [1.54, 1.807) is 12.1 Å². The molecule has 0 spiro atoms. The quantitative estimate of drug-likeness (QED) is 0.714. The number of hydrogen-bond donors (Lipinski definition) is 1. The van der Waals surface area contributed by atoms with Crippen molar-refractivity contribution in [3.8, 4) is 17.2 Å². The van der Waals surface area contributed by atoms with Gasteiger partial charge in [0.1, 0.15) is 10.6 Å². The van der Waals surface area contributed by atoms with Crippen LogP contribution in [0.2, 0.25) is 0 Å². The molecule has 0 unspecified atom stereocenters. The molecule has 0 atom stereocenters. The van der Waals surface area contributed by atoms with Gasteiger partial charge in [-0.2, -0.15) is 0 Å². The fraction of sp³-hybridized carbons (Fsp3) is 0.222. The molecule has 1 N–H and O–H groups in total. The Hall–Kier alpha value is -2.71. The van der Waals surface area contributed by atoms with Gasteiger partial charge in [-0.05, 0) is 49.2 Å². The molecule has 8 heteroatoms. The maximum absolute atomic E-state index is 12.6. The van der Waals surface area contributed by atoms with E-state index in [4.69, 9.17) is 9.15 Å². The van der Waals surface area contributed by atoms with Crippen LogP contribution in [-0.2, 0) is 16.6 Å². The number of rotatable bonds is 6. The molecule has 0 saturated carbocycles. The number of methoxy groups -OCH3 is 1. The largest absolute Gasteiger partial charge is 0.495 e. The van der Waals surface area contributed by atoms with Crippen molar-refractivity contribution in [3.05, 3.63) is 59.5 Å². The standard InChI is InChI=1S/C18H19N3O4S/c1-12-9-15(24-3)16(10-13(12)2)26(22,23)19-11-17-20-21-18(25-17)14-7-5-4-6-8-14/h4-10,19H,11H2,1-3H3. The summed E-state index contributed by atoms with van der Waals surface area (Å²) >= 11 is 0. The van der Waals surface area contributed by atoms with E-state index < -0.39 is 10.0 Å². The third kappa shape index (κ3) is 3.76. The fourth-order valence-corrected chi connectivity index (χ4v) is 3.60. The van der Waals surface area contributed by atoms with Gasteiger partial charge in [-0.1, -0.05) is 18.2 Å². The van der Waals surface area contributed by atoms with Gasteiger partial charge in [0.2, 0.25) is 21.8 Å². The van der Waals surface area contributed by atoms with Crippen LogP contribution in [0.4, 0.5) is 0 Å². The lowest BCUT2D eigenvalue weighted by Crippen LogP contribution is -2.24. The first-order chi connectivity index (χ1) is 12.4. The summed E-state index contributed by atoms with van der Waals surface area (Å²) in [6.45, 7) is 3.63. The van der Waals surface area contributed by atoms with Crippen molar-refractivity contribution in [1.29, 1.82) is 0 Å². The molecule has 3 rings (SSSR count). The summed E-state index contributed by atoms with van der Waals surface area (Å²) in [7, 11) is -2.36. The Kier molecular flexibility index (Phi) is 5.06. The molecular formula is C18H19N3O4S. The molecule has 0 fully saturated rings. The van der Waals surface area contributed by atoms with Crippen molar-refractivity contribution in [2.45, 2.75) is 25.3 Å². The van der Waals surface area contributed by atoms with Crippen molar-refractivity contribution in [2.75, 3.05) is 7.11 Å². The maximum atomic E-state index is 12.6. The zero-order valence-electron chi connectivity index (χ0n) is 14.7. The van der Waals surface area contributed by atoms with Gasteiger partial charge in [0.25, 0.3) is 0 Å². The molecular weight excluding hydrogens is 354 g/mol. The second kappa shape index (κ2) is 7.27. The number of hydrogen-bond acceptors (Lipinski definition) is 6. The molecule has 136 valence electrons. The highest BCUT2D eigenvalue weighted by Crippen LogP contribution is 2.27. The topological polar surface area (TPSA) is 94.3 Å². The summed E-state index contributed by atoms with van der Waals surface area (Å²) in [5.74, 6) is 0.801. The van der Waals surface area contributed by atoms with Gasteiger partial charge in [0.05, 0.1) is 13.7 Å². The van der Waals surface area contributed by atoms with E-state index in [0.29, 0.717) is 5.89 Å². The molecule has 0 aliphatic carbocycles. The first-order valence-corrected chi connectivity index (χ1v) is 9.42. The first kappa shape index (κ1) is 18.1. The van der Waals surface area contributed by atoms with Crippen molar-refractivity contribution < 1.29 is 17.6 Å². The predicted molar refractivity (Wildman–Crippen MR) is 96.2 cm³/mol. The Labute approximate surface area is 152 Å². The van der Waals surface area contributed by atoms with Crippen molar-refractivity contribution in [1.82, 2.24) is 14.9 Å². The zero-order chi connectivity index (χ0) is 18.7. The highest BCUT2D eigenvalue weighted by molar-refractivity contribution is 7.89. The molecule has 3 aromatic rings. The van der Waals surface area contributed by atoms with Gasteiger partial charge in [-0.25, -0.2) is 13.1 Å². The third-order valence-electron chi connectivity index (χ3n) is 3.97. The lowest BCUT2D eigenvalue weighted by atomic mass is 10.1. The third-order valence-corrected chi connectivity index (χ3v) is 5.39. The van der Waals surface area contributed by atoms with Crippen molar-refractivity contribution in [2.24, 2.45) is 0 Å². The molecule has 2 aromatic carbocycles. The molecule has 1 heterocycles. The minimum absolute atomic E-state index is 0.0749. The van der Waals surface area contributed by atoms with Gasteiger partial charge in [0.15, 0.2) is 0 Å². The zero-order valence-corrected chi connectivity index (χ0v) is 15.5. The van der Waals surface area contributed by atoms with Crippen LogP contribution >= 0.6 is 0 Å². The number of benzene rings is 2. The molecule has 0 radical (unpaired) electrons. The Bertz CT molecular complexity index is 1010. The van der Waals surface area contributed by atoms with E-state index in [1.807, 2.05) is 44.2 Å². The van der Waals surface area contributed by atoms with Crippen LogP contribution < -0.4 is 9.46 Å². The van der Waals surface area contributed by atoms with Crippen LogP contribution in [0.3, 0.4) is 0 Å². The van der Waals surface area contributed by atoms with E-state index in [9.17, 15) is 8.42 Å². The van der Waals surface area contributed by atoms with Crippen LogP contribution in [0.15, 0.2) is 51.8 Å². The van der Waals surface area contributed by atoms with Crippen LogP contribution in [-0.4, -0.2) is 25.7 Å². The summed E-state index contributed by atoms with van der Waals surface area (Å²) in [6.07, 6.45) is 0. The highest BCUT2D eigenvalue weighted by atomic mass is 32.2. The first-order valence-electron chi connectivity index (χ1n) is 7.93. The Balaban J connectivity index is 1.79. The monoisotopic (exact) mass is 373 g/mol. The smallest absolute Gasteiger partial charge is 0.247 e. The lowest BCUT2D eigenvalue weighted by Gasteiger charge is -2.12.